The smallest absolute Gasteiger partial charge is 0.165 e. The van der Waals surface area contributed by atoms with Gasteiger partial charge in [0.15, 0.2) is 11.6 Å². The summed E-state index contributed by atoms with van der Waals surface area (Å²) >= 11 is 14.1. The van der Waals surface area contributed by atoms with Crippen molar-refractivity contribution in [1.29, 1.82) is 0 Å². The zero-order chi connectivity index (χ0) is 17.6. The van der Waals surface area contributed by atoms with Crippen molar-refractivity contribution in [3.05, 3.63) is 77.0 Å². The number of aromatic nitrogens is 2. The molecule has 0 N–H and O–H groups in total. The van der Waals surface area contributed by atoms with Crippen molar-refractivity contribution < 1.29 is 9.13 Å². The number of hydrogen-bond acceptors (Lipinski definition) is 3. The molecule has 0 amide bonds. The summed E-state index contributed by atoms with van der Waals surface area (Å²) in [5.74, 6) is -0.159. The zero-order valence-corrected chi connectivity index (χ0v) is 15.4. The van der Waals surface area contributed by atoms with Gasteiger partial charge >= 0.3 is 0 Å². The molecule has 7 heteroatoms. The van der Waals surface area contributed by atoms with Crippen LogP contribution in [-0.2, 0) is 6.54 Å². The van der Waals surface area contributed by atoms with Gasteiger partial charge in [-0.1, -0.05) is 41.4 Å². The molecule has 3 nitrogen and oxygen atoms in total. The normalized spacial score (nSPS) is 12.1. The predicted octanol–water partition coefficient (Wildman–Crippen LogP) is 5.57. The summed E-state index contributed by atoms with van der Waals surface area (Å²) < 4.78 is 21.4. The number of halogens is 3. The quantitative estimate of drug-likeness (QED) is 0.488. The van der Waals surface area contributed by atoms with Gasteiger partial charge in [-0.2, -0.15) is 0 Å². The van der Waals surface area contributed by atoms with E-state index in [1.54, 1.807) is 48.9 Å². The van der Waals surface area contributed by atoms with Gasteiger partial charge in [0.25, 0.3) is 0 Å². The molecule has 25 heavy (non-hydrogen) atoms. The first-order chi connectivity index (χ1) is 12.1. The maximum Gasteiger partial charge on any atom is 0.165 e. The van der Waals surface area contributed by atoms with Gasteiger partial charge in [0.2, 0.25) is 0 Å². The average Bonchev–Trinajstić information content (AvgIpc) is 3.10. The fourth-order valence-electron chi connectivity index (χ4n) is 2.26. The van der Waals surface area contributed by atoms with Gasteiger partial charge in [0.1, 0.15) is 6.61 Å². The summed E-state index contributed by atoms with van der Waals surface area (Å²) in [6, 6.07) is 11.7. The monoisotopic (exact) mass is 396 g/mol. The number of imidazole rings is 1. The van der Waals surface area contributed by atoms with E-state index in [1.807, 2.05) is 10.8 Å². The van der Waals surface area contributed by atoms with E-state index in [1.165, 1.54) is 17.8 Å². The second-order valence-electron chi connectivity index (χ2n) is 5.29. The Morgan fingerprint density at radius 3 is 2.56 bits per heavy atom. The van der Waals surface area contributed by atoms with Crippen LogP contribution in [0.1, 0.15) is 0 Å². The van der Waals surface area contributed by atoms with Gasteiger partial charge in [-0.15, -0.1) is 11.8 Å². The molecule has 0 fully saturated rings. The summed E-state index contributed by atoms with van der Waals surface area (Å²) in [5.41, 5.74) is 0. The second-order valence-corrected chi connectivity index (χ2v) is 7.42. The summed E-state index contributed by atoms with van der Waals surface area (Å²) in [5, 5.41) is 1.13. The summed E-state index contributed by atoms with van der Waals surface area (Å²) in [6.07, 6.45) is 5.30. The minimum atomic E-state index is -0.385. The van der Waals surface area contributed by atoms with Gasteiger partial charge in [0, 0.05) is 23.8 Å². The van der Waals surface area contributed by atoms with Gasteiger partial charge in [0.05, 0.1) is 21.6 Å². The number of hydrogen-bond donors (Lipinski definition) is 0. The highest BCUT2D eigenvalue weighted by atomic mass is 35.5. The van der Waals surface area contributed by atoms with E-state index in [0.717, 1.165) is 4.90 Å². The number of benzene rings is 2. The van der Waals surface area contributed by atoms with Crippen LogP contribution in [0.4, 0.5) is 4.39 Å². The van der Waals surface area contributed by atoms with Crippen molar-refractivity contribution in [2.45, 2.75) is 16.7 Å². The number of rotatable bonds is 7. The van der Waals surface area contributed by atoms with Crippen molar-refractivity contribution in [3.8, 4) is 5.75 Å². The molecule has 0 aliphatic carbocycles. The van der Waals surface area contributed by atoms with Gasteiger partial charge in [-0.05, 0) is 24.3 Å². The fraction of sp³-hybridized carbons (Fsp3) is 0.167. The van der Waals surface area contributed by atoms with E-state index in [0.29, 0.717) is 23.2 Å². The highest BCUT2D eigenvalue weighted by Gasteiger charge is 2.17. The number of para-hydroxylation sites is 1. The van der Waals surface area contributed by atoms with Gasteiger partial charge in [-0.3, -0.25) is 0 Å². The lowest BCUT2D eigenvalue weighted by atomic mass is 10.3. The molecule has 0 spiro atoms. The Morgan fingerprint density at radius 1 is 1.12 bits per heavy atom. The van der Waals surface area contributed by atoms with Crippen LogP contribution < -0.4 is 4.74 Å². The summed E-state index contributed by atoms with van der Waals surface area (Å²) in [4.78, 5) is 4.84. The average molecular weight is 397 g/mol. The summed E-state index contributed by atoms with van der Waals surface area (Å²) in [6.45, 7) is 0.923. The van der Waals surface area contributed by atoms with Crippen LogP contribution in [0, 0.1) is 5.82 Å². The Hall–Kier alpha value is -1.69. The predicted molar refractivity (Wildman–Crippen MR) is 100 cm³/mol. The van der Waals surface area contributed by atoms with E-state index >= 15 is 0 Å². The van der Waals surface area contributed by atoms with Crippen LogP contribution in [0.2, 0.25) is 10.0 Å². The van der Waals surface area contributed by atoms with Crippen molar-refractivity contribution in [2.24, 2.45) is 0 Å². The molecule has 0 aliphatic rings. The van der Waals surface area contributed by atoms with Crippen LogP contribution in [-0.4, -0.2) is 21.4 Å². The third-order valence-corrected chi connectivity index (χ3v) is 5.59. The van der Waals surface area contributed by atoms with Crippen LogP contribution in [0.25, 0.3) is 0 Å². The largest absolute Gasteiger partial charge is 0.489 e. The van der Waals surface area contributed by atoms with Gasteiger partial charge < -0.3 is 9.30 Å². The van der Waals surface area contributed by atoms with Crippen LogP contribution >= 0.6 is 35.0 Å². The van der Waals surface area contributed by atoms with E-state index in [4.69, 9.17) is 27.9 Å². The highest BCUT2D eigenvalue weighted by Crippen LogP contribution is 2.37. The van der Waals surface area contributed by atoms with Crippen LogP contribution in [0.15, 0.2) is 66.1 Å². The van der Waals surface area contributed by atoms with Crippen molar-refractivity contribution in [3.63, 3.8) is 0 Å². The minimum absolute atomic E-state index is 0.0359. The van der Waals surface area contributed by atoms with Crippen LogP contribution in [0.3, 0.4) is 0 Å². The number of ether oxygens (including phenoxy) is 1. The third-order valence-electron chi connectivity index (χ3n) is 3.44. The maximum absolute atomic E-state index is 13.8. The molecule has 1 unspecified atom stereocenters. The molecule has 1 heterocycles. The Kier molecular flexibility index (Phi) is 6.24. The van der Waals surface area contributed by atoms with E-state index in [-0.39, 0.29) is 16.8 Å². The molecule has 130 valence electrons. The maximum atomic E-state index is 13.8. The van der Waals surface area contributed by atoms with Crippen molar-refractivity contribution >= 4 is 35.0 Å². The van der Waals surface area contributed by atoms with E-state index in [2.05, 4.69) is 4.98 Å². The molecule has 0 aliphatic heterocycles. The fourth-order valence-corrected chi connectivity index (χ4v) is 4.00. The zero-order valence-electron chi connectivity index (χ0n) is 13.1. The highest BCUT2D eigenvalue weighted by molar-refractivity contribution is 8.00. The van der Waals surface area contributed by atoms with Crippen molar-refractivity contribution in [1.82, 2.24) is 9.55 Å². The van der Waals surface area contributed by atoms with Gasteiger partial charge in [-0.25, -0.2) is 9.37 Å². The first kappa shape index (κ1) is 18.1. The molecule has 0 saturated carbocycles. The van der Waals surface area contributed by atoms with E-state index < -0.39 is 0 Å². The van der Waals surface area contributed by atoms with Crippen molar-refractivity contribution in [2.75, 3.05) is 6.61 Å². The first-order valence-electron chi connectivity index (χ1n) is 7.57. The lowest BCUT2D eigenvalue weighted by Crippen LogP contribution is -2.21. The third kappa shape index (κ3) is 4.91. The minimum Gasteiger partial charge on any atom is -0.489 e. The first-order valence-corrected chi connectivity index (χ1v) is 9.21. The molecular formula is C18H15Cl2FN2OS. The van der Waals surface area contributed by atoms with E-state index in [9.17, 15) is 4.39 Å². The standard InChI is InChI=1S/C18H15Cl2FN2OS/c19-14-4-3-5-15(20)18(14)25-13(10-23-9-8-22-12-23)11-24-17-7-2-1-6-16(17)21/h1-9,12-13H,10-11H2. The topological polar surface area (TPSA) is 27.1 Å². The molecule has 1 atom stereocenters. The lowest BCUT2D eigenvalue weighted by molar-refractivity contribution is 0.293. The lowest BCUT2D eigenvalue weighted by Gasteiger charge is -2.19. The molecule has 0 bridgehead atoms. The molecular weight excluding hydrogens is 382 g/mol. The Bertz CT molecular complexity index is 809. The van der Waals surface area contributed by atoms with Crippen LogP contribution in [0.5, 0.6) is 5.75 Å². The molecule has 1 aromatic heterocycles. The number of nitrogens with zero attached hydrogens (tertiary/aromatic N) is 2. The molecule has 3 aromatic rings. The second kappa shape index (κ2) is 8.61. The molecule has 3 rings (SSSR count). The molecule has 0 saturated heterocycles. The Balaban J connectivity index is 1.76. The molecule has 0 radical (unpaired) electrons. The Morgan fingerprint density at radius 2 is 1.88 bits per heavy atom. The molecule has 2 aromatic carbocycles. The summed E-state index contributed by atoms with van der Waals surface area (Å²) in [7, 11) is 0. The SMILES string of the molecule is Fc1ccccc1OCC(Cn1ccnc1)Sc1c(Cl)cccc1Cl. The number of thioether (sulfide) groups is 1. The Labute approximate surface area is 159 Å².